The van der Waals surface area contributed by atoms with Crippen molar-refractivity contribution in [3.8, 4) is 23.0 Å². The Morgan fingerprint density at radius 3 is 2.00 bits per heavy atom. The second-order valence-corrected chi connectivity index (χ2v) is 8.97. The monoisotopic (exact) mass is 560 g/mol. The number of carbonyl (C=O) groups excluding carboxylic acids is 2. The van der Waals surface area contributed by atoms with E-state index in [1.807, 2.05) is 49.4 Å². The van der Waals surface area contributed by atoms with E-state index in [2.05, 4.69) is 10.5 Å². The number of rotatable bonds is 11. The summed E-state index contributed by atoms with van der Waals surface area (Å²) in [5.41, 5.74) is 3.37. The van der Waals surface area contributed by atoms with Crippen molar-refractivity contribution in [2.24, 2.45) is 5.10 Å². The fourth-order valence-corrected chi connectivity index (χ4v) is 4.10. The van der Waals surface area contributed by atoms with Crippen molar-refractivity contribution >= 4 is 28.9 Å². The minimum Gasteiger partial charge on any atom is -0.494 e. The lowest BCUT2D eigenvalue weighted by Gasteiger charge is -2.18. The van der Waals surface area contributed by atoms with E-state index in [0.29, 0.717) is 35.0 Å². The number of benzene rings is 5. The van der Waals surface area contributed by atoms with Crippen molar-refractivity contribution in [3.63, 3.8) is 0 Å². The van der Waals surface area contributed by atoms with Gasteiger partial charge < -0.3 is 18.9 Å². The van der Waals surface area contributed by atoms with Crippen molar-refractivity contribution in [1.29, 1.82) is 0 Å². The number of amides is 1. The summed E-state index contributed by atoms with van der Waals surface area (Å²) in [7, 11) is 0. The van der Waals surface area contributed by atoms with Crippen LogP contribution in [0.3, 0.4) is 0 Å². The van der Waals surface area contributed by atoms with E-state index >= 15 is 0 Å². The van der Waals surface area contributed by atoms with E-state index in [-0.39, 0.29) is 5.75 Å². The Morgan fingerprint density at radius 2 is 1.36 bits per heavy atom. The molecule has 0 spiro atoms. The number of fused-ring (bicyclic) bond motifs is 1. The van der Waals surface area contributed by atoms with Gasteiger partial charge >= 0.3 is 18.2 Å². The number of hydrogen-bond acceptors (Lipinski definition) is 7. The van der Waals surface area contributed by atoms with Crippen molar-refractivity contribution in [2.45, 2.75) is 13.2 Å². The van der Waals surface area contributed by atoms with Crippen LogP contribution in [0.5, 0.6) is 23.0 Å². The van der Waals surface area contributed by atoms with Gasteiger partial charge in [-0.05, 0) is 72.3 Å². The van der Waals surface area contributed by atoms with Gasteiger partial charge in [0.15, 0.2) is 0 Å². The molecule has 0 saturated carbocycles. The number of nitrogens with one attached hydrogen (secondary N) is 1. The molecule has 0 fully saturated rings. The van der Waals surface area contributed by atoms with Crippen LogP contribution in [0.4, 0.5) is 0 Å². The summed E-state index contributed by atoms with van der Waals surface area (Å²) in [5, 5.41) is 5.87. The molecular weight excluding hydrogens is 532 g/mol. The molecule has 0 aliphatic heterocycles. The molecule has 210 valence electrons. The average Bonchev–Trinajstić information content (AvgIpc) is 3.03. The molecule has 8 nitrogen and oxygen atoms in total. The van der Waals surface area contributed by atoms with Gasteiger partial charge in [-0.1, -0.05) is 66.7 Å². The molecular formula is C34H28N2O6. The average molecular weight is 561 g/mol. The van der Waals surface area contributed by atoms with Crippen LogP contribution >= 0.6 is 0 Å². The normalized spacial score (nSPS) is 10.9. The van der Waals surface area contributed by atoms with Crippen LogP contribution in [-0.2, 0) is 4.79 Å². The summed E-state index contributed by atoms with van der Waals surface area (Å²) in [6.07, 6.45) is 0.111. The Hall–Kier alpha value is -5.63. The molecule has 1 amide bonds. The van der Waals surface area contributed by atoms with Gasteiger partial charge in [0, 0.05) is 5.56 Å². The molecule has 8 heteroatoms. The highest BCUT2D eigenvalue weighted by molar-refractivity contribution is 6.04. The maximum atomic E-state index is 13.2. The zero-order valence-corrected chi connectivity index (χ0v) is 22.8. The van der Waals surface area contributed by atoms with Crippen molar-refractivity contribution in [1.82, 2.24) is 5.43 Å². The molecule has 0 aromatic heterocycles. The largest absolute Gasteiger partial charge is 0.494 e. The summed E-state index contributed by atoms with van der Waals surface area (Å²) < 4.78 is 22.9. The zero-order chi connectivity index (χ0) is 29.1. The highest BCUT2D eigenvalue weighted by atomic mass is 16.7. The molecule has 42 heavy (non-hydrogen) atoms. The van der Waals surface area contributed by atoms with E-state index in [1.165, 1.54) is 6.21 Å². The highest BCUT2D eigenvalue weighted by Crippen LogP contribution is 2.28. The lowest BCUT2D eigenvalue weighted by molar-refractivity contribution is -0.140. The van der Waals surface area contributed by atoms with E-state index in [0.717, 1.165) is 10.8 Å². The number of para-hydroxylation sites is 2. The summed E-state index contributed by atoms with van der Waals surface area (Å²) in [5.74, 6) is 0.675. The Labute approximate surface area is 243 Å². The fraction of sp³-hybridized carbons (Fsp3) is 0.0882. The van der Waals surface area contributed by atoms with Gasteiger partial charge in [-0.3, -0.25) is 4.79 Å². The first-order chi connectivity index (χ1) is 20.6. The van der Waals surface area contributed by atoms with Crippen LogP contribution in [0, 0.1) is 0 Å². The maximum Gasteiger partial charge on any atom is 0.343 e. The Bertz CT molecular complexity index is 1630. The van der Waals surface area contributed by atoms with Gasteiger partial charge in [0.1, 0.15) is 23.0 Å². The number of esters is 1. The van der Waals surface area contributed by atoms with Gasteiger partial charge in [-0.2, -0.15) is 5.10 Å². The fourth-order valence-electron chi connectivity index (χ4n) is 4.10. The number of ether oxygens (including phenoxy) is 4. The molecule has 5 aromatic carbocycles. The quantitative estimate of drug-likeness (QED) is 0.0661. The second kappa shape index (κ2) is 13.6. The van der Waals surface area contributed by atoms with E-state index in [1.54, 1.807) is 78.9 Å². The third-order valence-corrected chi connectivity index (χ3v) is 6.09. The predicted molar refractivity (Wildman–Crippen MR) is 160 cm³/mol. The molecule has 0 saturated heterocycles. The number of hydrazone groups is 1. The third-order valence-electron chi connectivity index (χ3n) is 6.09. The van der Waals surface area contributed by atoms with Crippen LogP contribution in [0.25, 0.3) is 10.8 Å². The zero-order valence-electron chi connectivity index (χ0n) is 22.8. The minimum atomic E-state index is -1.32. The predicted octanol–water partition coefficient (Wildman–Crippen LogP) is 6.39. The van der Waals surface area contributed by atoms with Crippen LogP contribution in [-0.4, -0.2) is 31.0 Å². The summed E-state index contributed by atoms with van der Waals surface area (Å²) in [4.78, 5) is 26.1. The standard InChI is InChI=1S/C34H28N2O6/c1-2-39-26-20-17-25(18-21-26)33(38)42-31-22-19-24-11-9-10-16-29(24)30(31)23-35-36-32(37)34(40-27-12-5-3-6-13-27)41-28-14-7-4-8-15-28/h3-23,34H,2H2,1H3,(H,36,37)/b35-23+. The Morgan fingerprint density at radius 1 is 0.738 bits per heavy atom. The second-order valence-electron chi connectivity index (χ2n) is 8.97. The van der Waals surface area contributed by atoms with E-state index in [9.17, 15) is 9.59 Å². The molecule has 5 aromatic rings. The molecule has 0 bridgehead atoms. The van der Waals surface area contributed by atoms with Crippen LogP contribution in [0.2, 0.25) is 0 Å². The number of nitrogens with zero attached hydrogens (tertiary/aromatic N) is 1. The summed E-state index contributed by atoms with van der Waals surface area (Å²) in [6, 6.07) is 35.6. The lowest BCUT2D eigenvalue weighted by atomic mass is 10.0. The van der Waals surface area contributed by atoms with Gasteiger partial charge in [-0.15, -0.1) is 0 Å². The van der Waals surface area contributed by atoms with Crippen LogP contribution < -0.4 is 24.4 Å². The summed E-state index contributed by atoms with van der Waals surface area (Å²) >= 11 is 0. The molecule has 0 unspecified atom stereocenters. The molecule has 5 rings (SSSR count). The molecule has 0 heterocycles. The molecule has 0 aliphatic rings. The lowest BCUT2D eigenvalue weighted by Crippen LogP contribution is -2.40. The topological polar surface area (TPSA) is 95.5 Å². The summed E-state index contributed by atoms with van der Waals surface area (Å²) in [6.45, 7) is 2.41. The molecule has 0 aliphatic carbocycles. The molecule has 0 atom stereocenters. The van der Waals surface area contributed by atoms with Gasteiger partial charge in [0.2, 0.25) is 0 Å². The number of carbonyl (C=O) groups is 2. The van der Waals surface area contributed by atoms with Crippen LogP contribution in [0.15, 0.2) is 126 Å². The van der Waals surface area contributed by atoms with Gasteiger partial charge in [0.25, 0.3) is 0 Å². The van der Waals surface area contributed by atoms with E-state index < -0.39 is 18.2 Å². The third kappa shape index (κ3) is 7.11. The highest BCUT2D eigenvalue weighted by Gasteiger charge is 2.23. The number of hydrogen-bond donors (Lipinski definition) is 1. The SMILES string of the molecule is CCOc1ccc(C(=O)Oc2ccc3ccccc3c2/C=N/NC(=O)C(Oc2ccccc2)Oc2ccccc2)cc1. The van der Waals surface area contributed by atoms with Crippen molar-refractivity contribution in [2.75, 3.05) is 6.61 Å². The van der Waals surface area contributed by atoms with Gasteiger partial charge in [-0.25, -0.2) is 10.2 Å². The first-order valence-corrected chi connectivity index (χ1v) is 13.3. The van der Waals surface area contributed by atoms with E-state index in [4.69, 9.17) is 18.9 Å². The first kappa shape index (κ1) is 27.9. The Balaban J connectivity index is 1.37. The van der Waals surface area contributed by atoms with Gasteiger partial charge in [0.05, 0.1) is 18.4 Å². The molecule has 0 radical (unpaired) electrons. The first-order valence-electron chi connectivity index (χ1n) is 13.3. The molecule has 1 N–H and O–H groups in total. The maximum absolute atomic E-state index is 13.2. The van der Waals surface area contributed by atoms with Crippen LogP contribution in [0.1, 0.15) is 22.8 Å². The Kier molecular flexibility index (Phi) is 9.06. The van der Waals surface area contributed by atoms with Crippen molar-refractivity contribution < 1.29 is 28.5 Å². The minimum absolute atomic E-state index is 0.281. The van der Waals surface area contributed by atoms with Crippen molar-refractivity contribution in [3.05, 3.63) is 132 Å². The smallest absolute Gasteiger partial charge is 0.343 e.